The van der Waals surface area contributed by atoms with Crippen LogP contribution in [0.15, 0.2) is 84.9 Å². The lowest BCUT2D eigenvalue weighted by molar-refractivity contribution is -0.0121. The molecule has 0 aliphatic heterocycles. The number of carbonyl (C=O) groups is 2. The standard InChI is InChI=1S/C25H26N2O5/c1-2-25(31,18-13-15-19(28)16-14-18)23(21(26)22(29)17-9-5-3-6-10-17)27-24(30)32-20-11-7-4-8-12-20/h3-16,21,23,28,31H,2,26H2,1H3,(H,27,30). The van der Waals surface area contributed by atoms with Crippen molar-refractivity contribution in [2.24, 2.45) is 5.73 Å². The number of nitrogens with one attached hydrogen (secondary N) is 1. The zero-order valence-electron chi connectivity index (χ0n) is 17.6. The minimum Gasteiger partial charge on any atom is -0.508 e. The molecule has 7 nitrogen and oxygen atoms in total. The maximum Gasteiger partial charge on any atom is 0.413 e. The second kappa shape index (κ2) is 10.1. The van der Waals surface area contributed by atoms with Gasteiger partial charge < -0.3 is 26.0 Å². The van der Waals surface area contributed by atoms with Crippen molar-refractivity contribution < 1.29 is 24.5 Å². The highest BCUT2D eigenvalue weighted by Gasteiger charge is 2.44. The van der Waals surface area contributed by atoms with Crippen LogP contribution < -0.4 is 15.8 Å². The Morgan fingerprint density at radius 3 is 2.09 bits per heavy atom. The lowest BCUT2D eigenvalue weighted by atomic mass is 9.78. The molecular weight excluding hydrogens is 408 g/mol. The summed E-state index contributed by atoms with van der Waals surface area (Å²) < 4.78 is 5.31. The third-order valence-corrected chi connectivity index (χ3v) is 5.37. The molecule has 3 aromatic carbocycles. The predicted octanol–water partition coefficient (Wildman–Crippen LogP) is 3.36. The van der Waals surface area contributed by atoms with E-state index in [4.69, 9.17) is 10.5 Å². The van der Waals surface area contributed by atoms with Crippen molar-refractivity contribution in [1.82, 2.24) is 5.32 Å². The lowest BCUT2D eigenvalue weighted by Crippen LogP contribution is -2.62. The summed E-state index contributed by atoms with van der Waals surface area (Å²) in [6, 6.07) is 20.2. The molecule has 0 saturated carbocycles. The monoisotopic (exact) mass is 434 g/mol. The molecule has 0 aromatic heterocycles. The van der Waals surface area contributed by atoms with E-state index in [0.29, 0.717) is 16.9 Å². The van der Waals surface area contributed by atoms with Crippen molar-refractivity contribution in [3.63, 3.8) is 0 Å². The summed E-state index contributed by atoms with van der Waals surface area (Å²) in [5.41, 5.74) is 5.36. The number of phenolic OH excluding ortho intramolecular Hbond substituents is 1. The number of amides is 1. The van der Waals surface area contributed by atoms with Gasteiger partial charge in [0.2, 0.25) is 0 Å². The van der Waals surface area contributed by atoms with Crippen LogP contribution in [0, 0.1) is 0 Å². The normalized spacial score (nSPS) is 14.6. The second-order valence-electron chi connectivity index (χ2n) is 7.41. The molecule has 0 fully saturated rings. The van der Waals surface area contributed by atoms with Crippen molar-refractivity contribution in [2.45, 2.75) is 31.0 Å². The van der Waals surface area contributed by atoms with Gasteiger partial charge >= 0.3 is 6.09 Å². The van der Waals surface area contributed by atoms with Gasteiger partial charge in [0.15, 0.2) is 5.78 Å². The number of hydrogen-bond donors (Lipinski definition) is 4. The number of aromatic hydroxyl groups is 1. The molecule has 3 unspecified atom stereocenters. The summed E-state index contributed by atoms with van der Waals surface area (Å²) in [6.07, 6.45) is -0.729. The lowest BCUT2D eigenvalue weighted by Gasteiger charge is -2.39. The van der Waals surface area contributed by atoms with Gasteiger partial charge in [-0.3, -0.25) is 4.79 Å². The fraction of sp³-hybridized carbons (Fsp3) is 0.200. The fourth-order valence-electron chi connectivity index (χ4n) is 3.56. The zero-order valence-corrected chi connectivity index (χ0v) is 17.6. The Labute approximate surface area is 186 Å². The quantitative estimate of drug-likeness (QED) is 0.403. The topological polar surface area (TPSA) is 122 Å². The van der Waals surface area contributed by atoms with Gasteiger partial charge in [0.05, 0.1) is 12.1 Å². The van der Waals surface area contributed by atoms with Crippen LogP contribution in [0.3, 0.4) is 0 Å². The van der Waals surface area contributed by atoms with Gasteiger partial charge in [-0.05, 0) is 36.2 Å². The molecule has 32 heavy (non-hydrogen) atoms. The summed E-state index contributed by atoms with van der Waals surface area (Å²) in [7, 11) is 0. The molecular formula is C25H26N2O5. The van der Waals surface area contributed by atoms with E-state index in [0.717, 1.165) is 0 Å². The molecule has 0 heterocycles. The molecule has 3 atom stereocenters. The smallest absolute Gasteiger partial charge is 0.413 e. The minimum absolute atomic E-state index is 0.0184. The van der Waals surface area contributed by atoms with Crippen molar-refractivity contribution in [2.75, 3.05) is 0 Å². The van der Waals surface area contributed by atoms with Gasteiger partial charge in [0.25, 0.3) is 0 Å². The Balaban J connectivity index is 1.96. The molecule has 0 radical (unpaired) electrons. The molecule has 166 valence electrons. The Morgan fingerprint density at radius 2 is 1.53 bits per heavy atom. The van der Waals surface area contributed by atoms with Crippen LogP contribution in [-0.2, 0) is 5.60 Å². The van der Waals surface area contributed by atoms with Crippen molar-refractivity contribution in [1.29, 1.82) is 0 Å². The van der Waals surface area contributed by atoms with E-state index in [1.165, 1.54) is 24.3 Å². The number of para-hydroxylation sites is 1. The third kappa shape index (κ3) is 5.14. The Bertz CT molecular complexity index is 1040. The molecule has 0 aliphatic rings. The van der Waals surface area contributed by atoms with Crippen LogP contribution in [0.2, 0.25) is 0 Å². The third-order valence-electron chi connectivity index (χ3n) is 5.37. The largest absolute Gasteiger partial charge is 0.508 e. The number of rotatable bonds is 8. The van der Waals surface area contributed by atoms with E-state index in [9.17, 15) is 19.8 Å². The molecule has 0 spiro atoms. The fourth-order valence-corrected chi connectivity index (χ4v) is 3.56. The number of ether oxygens (including phenoxy) is 1. The molecule has 0 aliphatic carbocycles. The van der Waals surface area contributed by atoms with Gasteiger partial charge in [0.1, 0.15) is 17.1 Å². The Hall–Kier alpha value is -3.68. The van der Waals surface area contributed by atoms with E-state index in [1.807, 2.05) is 0 Å². The maximum atomic E-state index is 13.1. The molecule has 0 saturated heterocycles. The first-order valence-corrected chi connectivity index (χ1v) is 10.2. The number of phenols is 1. The summed E-state index contributed by atoms with van der Waals surface area (Å²) in [5, 5.41) is 23.9. The molecule has 0 bridgehead atoms. The molecule has 7 heteroatoms. The van der Waals surface area contributed by atoms with Crippen molar-refractivity contribution in [3.8, 4) is 11.5 Å². The number of carbonyl (C=O) groups excluding carboxylic acids is 2. The van der Waals surface area contributed by atoms with E-state index >= 15 is 0 Å². The molecule has 1 amide bonds. The zero-order chi connectivity index (χ0) is 23.1. The highest BCUT2D eigenvalue weighted by Crippen LogP contribution is 2.32. The Morgan fingerprint density at radius 1 is 0.969 bits per heavy atom. The van der Waals surface area contributed by atoms with Crippen LogP contribution >= 0.6 is 0 Å². The van der Waals surface area contributed by atoms with Crippen LogP contribution in [0.1, 0.15) is 29.3 Å². The van der Waals surface area contributed by atoms with E-state index in [1.54, 1.807) is 67.6 Å². The Kier molecular flexibility index (Phi) is 7.25. The second-order valence-corrected chi connectivity index (χ2v) is 7.41. The van der Waals surface area contributed by atoms with Crippen molar-refractivity contribution in [3.05, 3.63) is 96.1 Å². The minimum atomic E-state index is -1.72. The molecule has 5 N–H and O–H groups in total. The van der Waals surface area contributed by atoms with E-state index < -0.39 is 29.6 Å². The highest BCUT2D eigenvalue weighted by atomic mass is 16.6. The molecule has 3 rings (SSSR count). The van der Waals surface area contributed by atoms with E-state index in [2.05, 4.69) is 5.32 Å². The average molecular weight is 434 g/mol. The molecule has 3 aromatic rings. The van der Waals surface area contributed by atoms with Crippen molar-refractivity contribution >= 4 is 11.9 Å². The van der Waals surface area contributed by atoms with Crippen LogP contribution in [-0.4, -0.2) is 34.2 Å². The van der Waals surface area contributed by atoms with Crippen LogP contribution in [0.25, 0.3) is 0 Å². The summed E-state index contributed by atoms with van der Waals surface area (Å²) in [4.78, 5) is 25.8. The van der Waals surface area contributed by atoms with Crippen LogP contribution in [0.5, 0.6) is 11.5 Å². The highest BCUT2D eigenvalue weighted by molar-refractivity contribution is 6.00. The maximum absolute atomic E-state index is 13.1. The summed E-state index contributed by atoms with van der Waals surface area (Å²) in [6.45, 7) is 1.71. The SMILES string of the molecule is CCC(O)(c1ccc(O)cc1)C(NC(=O)Oc1ccccc1)C(N)C(=O)c1ccccc1. The number of hydrogen-bond acceptors (Lipinski definition) is 6. The summed E-state index contributed by atoms with van der Waals surface area (Å²) in [5.74, 6) is -0.123. The number of benzene rings is 3. The van der Waals surface area contributed by atoms with Gasteiger partial charge in [-0.25, -0.2) is 4.79 Å². The summed E-state index contributed by atoms with van der Waals surface area (Å²) >= 11 is 0. The van der Waals surface area contributed by atoms with Gasteiger partial charge in [-0.15, -0.1) is 0 Å². The predicted molar refractivity (Wildman–Crippen MR) is 120 cm³/mol. The number of nitrogens with two attached hydrogens (primary N) is 1. The van der Waals surface area contributed by atoms with Gasteiger partial charge in [0, 0.05) is 5.56 Å². The number of Topliss-reactive ketones (excluding diaryl/α,β-unsaturated/α-hetero) is 1. The first-order valence-electron chi connectivity index (χ1n) is 10.2. The van der Waals surface area contributed by atoms with Gasteiger partial charge in [-0.1, -0.05) is 67.6 Å². The average Bonchev–Trinajstić information content (AvgIpc) is 2.83. The number of ketones is 1. The number of aliphatic hydroxyl groups is 1. The van der Waals surface area contributed by atoms with Gasteiger partial charge in [-0.2, -0.15) is 0 Å². The van der Waals surface area contributed by atoms with Crippen LogP contribution in [0.4, 0.5) is 4.79 Å². The van der Waals surface area contributed by atoms with E-state index in [-0.39, 0.29) is 12.2 Å². The first kappa shape index (κ1) is 23.0. The first-order chi connectivity index (χ1) is 15.3.